The Labute approximate surface area is 167 Å². The van der Waals surface area contributed by atoms with Crippen molar-refractivity contribution in [3.63, 3.8) is 0 Å². The zero-order valence-electron chi connectivity index (χ0n) is 15.7. The highest BCUT2D eigenvalue weighted by Gasteiger charge is 2.28. The van der Waals surface area contributed by atoms with E-state index in [0.29, 0.717) is 41.9 Å². The smallest absolute Gasteiger partial charge is 0.253 e. The fourth-order valence-corrected chi connectivity index (χ4v) is 3.18. The SMILES string of the molecule is O=C(NCc1ccc2c(c1)OCO2)c1ccccc1NCc1nc(C2CC2)no1. The summed E-state index contributed by atoms with van der Waals surface area (Å²) < 4.78 is 16.0. The Bertz CT molecular complexity index is 1040. The Morgan fingerprint density at radius 1 is 1.07 bits per heavy atom. The molecule has 0 atom stereocenters. The number of nitrogens with zero attached hydrogens (tertiary/aromatic N) is 2. The number of nitrogens with one attached hydrogen (secondary N) is 2. The molecule has 3 aromatic rings. The van der Waals surface area contributed by atoms with Gasteiger partial charge in [0.2, 0.25) is 12.7 Å². The van der Waals surface area contributed by atoms with Gasteiger partial charge < -0.3 is 24.6 Å². The zero-order valence-corrected chi connectivity index (χ0v) is 15.7. The molecule has 8 nitrogen and oxygen atoms in total. The molecule has 2 N–H and O–H groups in total. The highest BCUT2D eigenvalue weighted by atomic mass is 16.7. The molecule has 2 aliphatic rings. The number of benzene rings is 2. The van der Waals surface area contributed by atoms with E-state index in [-0.39, 0.29) is 12.7 Å². The van der Waals surface area contributed by atoms with Crippen LogP contribution in [0.2, 0.25) is 0 Å². The van der Waals surface area contributed by atoms with Gasteiger partial charge >= 0.3 is 0 Å². The molecule has 1 aliphatic heterocycles. The summed E-state index contributed by atoms with van der Waals surface area (Å²) in [7, 11) is 0. The average molecular weight is 392 g/mol. The van der Waals surface area contributed by atoms with Crippen molar-refractivity contribution >= 4 is 11.6 Å². The van der Waals surface area contributed by atoms with Crippen LogP contribution in [0.25, 0.3) is 0 Å². The Balaban J connectivity index is 1.22. The number of para-hydroxylation sites is 1. The molecule has 0 bridgehead atoms. The van der Waals surface area contributed by atoms with Crippen molar-refractivity contribution in [1.29, 1.82) is 0 Å². The predicted octanol–water partition coefficient (Wildman–Crippen LogP) is 3.22. The molecule has 1 aliphatic carbocycles. The molecule has 0 radical (unpaired) electrons. The summed E-state index contributed by atoms with van der Waals surface area (Å²) in [5, 5.41) is 10.2. The lowest BCUT2D eigenvalue weighted by molar-refractivity contribution is 0.0951. The van der Waals surface area contributed by atoms with Crippen LogP contribution < -0.4 is 20.1 Å². The van der Waals surface area contributed by atoms with E-state index in [1.165, 1.54) is 0 Å². The second-order valence-electron chi connectivity index (χ2n) is 7.09. The fourth-order valence-electron chi connectivity index (χ4n) is 3.18. The van der Waals surface area contributed by atoms with Gasteiger partial charge in [-0.25, -0.2) is 0 Å². The lowest BCUT2D eigenvalue weighted by atomic mass is 10.1. The van der Waals surface area contributed by atoms with Crippen LogP contribution in [-0.4, -0.2) is 22.8 Å². The molecular formula is C21H20N4O4. The van der Waals surface area contributed by atoms with Gasteiger partial charge in [-0.1, -0.05) is 23.4 Å². The second kappa shape index (κ2) is 7.46. The maximum absolute atomic E-state index is 12.7. The van der Waals surface area contributed by atoms with Crippen LogP contribution in [0, 0.1) is 0 Å². The summed E-state index contributed by atoms with van der Waals surface area (Å²) in [6, 6.07) is 13.0. The molecule has 2 heterocycles. The predicted molar refractivity (Wildman–Crippen MR) is 104 cm³/mol. The third-order valence-electron chi connectivity index (χ3n) is 4.92. The van der Waals surface area contributed by atoms with E-state index in [2.05, 4.69) is 20.8 Å². The van der Waals surface area contributed by atoms with E-state index in [1.54, 1.807) is 6.07 Å². The molecule has 2 aromatic carbocycles. The standard InChI is InChI=1S/C21H20N4O4/c26-21(23-10-13-5-8-17-18(9-13)28-12-27-17)15-3-1-2-4-16(15)22-11-19-24-20(25-29-19)14-6-7-14/h1-5,8-9,14,22H,6-7,10-12H2,(H,23,26). The highest BCUT2D eigenvalue weighted by Crippen LogP contribution is 2.38. The van der Waals surface area contributed by atoms with Crippen LogP contribution in [-0.2, 0) is 13.1 Å². The van der Waals surface area contributed by atoms with Crippen molar-refractivity contribution in [3.05, 3.63) is 65.3 Å². The number of ether oxygens (including phenoxy) is 2. The number of fused-ring (bicyclic) bond motifs is 1. The molecule has 5 rings (SSSR count). The van der Waals surface area contributed by atoms with Crippen LogP contribution in [0.4, 0.5) is 5.69 Å². The Morgan fingerprint density at radius 2 is 1.93 bits per heavy atom. The number of anilines is 1. The van der Waals surface area contributed by atoms with E-state index in [4.69, 9.17) is 14.0 Å². The van der Waals surface area contributed by atoms with Crippen LogP contribution in [0.5, 0.6) is 11.5 Å². The van der Waals surface area contributed by atoms with Gasteiger partial charge in [-0.3, -0.25) is 4.79 Å². The first-order chi connectivity index (χ1) is 14.3. The third-order valence-corrected chi connectivity index (χ3v) is 4.92. The molecule has 0 spiro atoms. The number of carbonyl (C=O) groups excluding carboxylic acids is 1. The highest BCUT2D eigenvalue weighted by molar-refractivity contribution is 5.99. The normalized spacial score (nSPS) is 14.6. The molecule has 1 aromatic heterocycles. The molecule has 8 heteroatoms. The van der Waals surface area contributed by atoms with Crippen LogP contribution in [0.3, 0.4) is 0 Å². The maximum atomic E-state index is 12.7. The topological polar surface area (TPSA) is 98.5 Å². The molecular weight excluding hydrogens is 372 g/mol. The molecule has 1 saturated carbocycles. The summed E-state index contributed by atoms with van der Waals surface area (Å²) in [6.45, 7) is 0.983. The number of hydrogen-bond acceptors (Lipinski definition) is 7. The minimum Gasteiger partial charge on any atom is -0.454 e. The van der Waals surface area contributed by atoms with Gasteiger partial charge in [-0.05, 0) is 42.7 Å². The number of amides is 1. The van der Waals surface area contributed by atoms with Gasteiger partial charge in [-0.2, -0.15) is 4.98 Å². The molecule has 0 saturated heterocycles. The summed E-state index contributed by atoms with van der Waals surface area (Å²) in [4.78, 5) is 17.1. The Kier molecular flexibility index (Phi) is 4.51. The zero-order chi connectivity index (χ0) is 19.6. The lowest BCUT2D eigenvalue weighted by Crippen LogP contribution is -2.24. The van der Waals surface area contributed by atoms with Crippen LogP contribution in [0.15, 0.2) is 47.0 Å². The van der Waals surface area contributed by atoms with Crippen molar-refractivity contribution in [1.82, 2.24) is 15.5 Å². The largest absolute Gasteiger partial charge is 0.454 e. The van der Waals surface area contributed by atoms with Gasteiger partial charge in [0.1, 0.15) is 0 Å². The molecule has 1 amide bonds. The van der Waals surface area contributed by atoms with E-state index in [0.717, 1.165) is 30.0 Å². The number of hydrogen-bond donors (Lipinski definition) is 2. The minimum absolute atomic E-state index is 0.171. The summed E-state index contributed by atoms with van der Waals surface area (Å²) in [6.07, 6.45) is 2.25. The number of rotatable bonds is 7. The quantitative estimate of drug-likeness (QED) is 0.637. The Hall–Kier alpha value is -3.55. The van der Waals surface area contributed by atoms with E-state index < -0.39 is 0 Å². The van der Waals surface area contributed by atoms with Gasteiger partial charge in [0.05, 0.1) is 12.1 Å². The van der Waals surface area contributed by atoms with E-state index in [1.807, 2.05) is 36.4 Å². The molecule has 148 valence electrons. The van der Waals surface area contributed by atoms with Crippen molar-refractivity contribution in [2.24, 2.45) is 0 Å². The fraction of sp³-hybridized carbons (Fsp3) is 0.286. The first-order valence-corrected chi connectivity index (χ1v) is 9.58. The third kappa shape index (κ3) is 3.87. The van der Waals surface area contributed by atoms with Gasteiger partial charge in [0.15, 0.2) is 17.3 Å². The van der Waals surface area contributed by atoms with Gasteiger partial charge in [0, 0.05) is 18.2 Å². The first kappa shape index (κ1) is 17.5. The molecule has 0 unspecified atom stereocenters. The average Bonchev–Trinajstić information content (AvgIpc) is 3.31. The summed E-state index contributed by atoms with van der Waals surface area (Å²) in [5.74, 6) is 2.99. The molecule has 1 fully saturated rings. The minimum atomic E-state index is -0.171. The monoisotopic (exact) mass is 392 g/mol. The first-order valence-electron chi connectivity index (χ1n) is 9.58. The van der Waals surface area contributed by atoms with Crippen LogP contribution >= 0.6 is 0 Å². The lowest BCUT2D eigenvalue weighted by Gasteiger charge is -2.11. The number of aromatic nitrogens is 2. The van der Waals surface area contributed by atoms with Crippen molar-refractivity contribution in [2.45, 2.75) is 31.8 Å². The van der Waals surface area contributed by atoms with Crippen molar-refractivity contribution < 1.29 is 18.8 Å². The van der Waals surface area contributed by atoms with Crippen molar-refractivity contribution in [3.8, 4) is 11.5 Å². The van der Waals surface area contributed by atoms with Crippen molar-refractivity contribution in [2.75, 3.05) is 12.1 Å². The maximum Gasteiger partial charge on any atom is 0.253 e. The van der Waals surface area contributed by atoms with E-state index in [9.17, 15) is 4.79 Å². The van der Waals surface area contributed by atoms with Crippen LogP contribution in [0.1, 0.15) is 46.4 Å². The summed E-state index contributed by atoms with van der Waals surface area (Å²) >= 11 is 0. The Morgan fingerprint density at radius 3 is 2.83 bits per heavy atom. The van der Waals surface area contributed by atoms with Gasteiger partial charge in [0.25, 0.3) is 5.91 Å². The van der Waals surface area contributed by atoms with Gasteiger partial charge in [-0.15, -0.1) is 0 Å². The second-order valence-corrected chi connectivity index (χ2v) is 7.09. The van der Waals surface area contributed by atoms with E-state index >= 15 is 0 Å². The number of carbonyl (C=O) groups is 1. The summed E-state index contributed by atoms with van der Waals surface area (Å²) in [5.41, 5.74) is 2.20. The molecule has 29 heavy (non-hydrogen) atoms.